The Morgan fingerprint density at radius 2 is 2.29 bits per heavy atom. The van der Waals surface area contributed by atoms with Crippen molar-refractivity contribution in [3.05, 3.63) is 11.7 Å². The average Bonchev–Trinajstić information content (AvgIpc) is 2.84. The molecule has 1 N–H and O–H groups in total. The predicted molar refractivity (Wildman–Crippen MR) is 52.7 cm³/mol. The number of rotatable bonds is 5. The predicted octanol–water partition coefficient (Wildman–Crippen LogP) is 1.52. The highest BCUT2D eigenvalue weighted by Gasteiger charge is 2.21. The lowest BCUT2D eigenvalue weighted by atomic mass is 10.1. The summed E-state index contributed by atoms with van der Waals surface area (Å²) in [5.74, 6) is 2.11. The van der Waals surface area contributed by atoms with E-state index < -0.39 is 0 Å². The van der Waals surface area contributed by atoms with E-state index >= 15 is 0 Å². The molecule has 4 heteroatoms. The van der Waals surface area contributed by atoms with E-state index in [0.717, 1.165) is 24.7 Å². The van der Waals surface area contributed by atoms with Crippen LogP contribution in [0.1, 0.15) is 38.4 Å². The fraction of sp³-hybridized carbons (Fsp3) is 0.800. The first-order valence-electron chi connectivity index (χ1n) is 5.29. The molecule has 0 atom stereocenters. The minimum atomic E-state index is 0.569. The van der Waals surface area contributed by atoms with E-state index in [1.54, 1.807) is 0 Å². The summed E-state index contributed by atoms with van der Waals surface area (Å²) in [4.78, 5) is 4.31. The van der Waals surface area contributed by atoms with Gasteiger partial charge in [-0.2, -0.15) is 4.98 Å². The van der Waals surface area contributed by atoms with Crippen molar-refractivity contribution in [1.82, 2.24) is 15.5 Å². The van der Waals surface area contributed by atoms with Gasteiger partial charge in [-0.3, -0.25) is 0 Å². The molecule has 1 aliphatic carbocycles. The quantitative estimate of drug-likeness (QED) is 0.774. The van der Waals surface area contributed by atoms with Gasteiger partial charge in [-0.1, -0.05) is 19.0 Å². The zero-order chi connectivity index (χ0) is 9.97. The minimum Gasteiger partial charge on any atom is -0.339 e. The summed E-state index contributed by atoms with van der Waals surface area (Å²) in [5.41, 5.74) is 0. The van der Waals surface area contributed by atoms with Gasteiger partial charge in [0, 0.05) is 12.5 Å². The van der Waals surface area contributed by atoms with Gasteiger partial charge in [-0.25, -0.2) is 0 Å². The van der Waals surface area contributed by atoms with Gasteiger partial charge in [0.1, 0.15) is 0 Å². The number of nitrogens with one attached hydrogen (secondary N) is 1. The van der Waals surface area contributed by atoms with Crippen molar-refractivity contribution in [1.29, 1.82) is 0 Å². The fourth-order valence-corrected chi connectivity index (χ4v) is 1.32. The third-order valence-corrected chi connectivity index (χ3v) is 2.22. The van der Waals surface area contributed by atoms with Crippen LogP contribution in [0.5, 0.6) is 0 Å². The van der Waals surface area contributed by atoms with Crippen LogP contribution in [0.4, 0.5) is 0 Å². The van der Waals surface area contributed by atoms with E-state index in [2.05, 4.69) is 29.3 Å². The first-order valence-corrected chi connectivity index (χ1v) is 5.29. The standard InChI is InChI=1S/C10H17N3O/c1-7(2)5-10-12-9(13-14-10)6-11-8-3-4-8/h7-8,11H,3-6H2,1-2H3. The van der Waals surface area contributed by atoms with E-state index in [9.17, 15) is 0 Å². The minimum absolute atomic E-state index is 0.569. The Bertz CT molecular complexity index is 291. The van der Waals surface area contributed by atoms with Crippen LogP contribution in [-0.2, 0) is 13.0 Å². The van der Waals surface area contributed by atoms with Crippen LogP contribution < -0.4 is 5.32 Å². The highest BCUT2D eigenvalue weighted by molar-refractivity contribution is 4.89. The molecular weight excluding hydrogens is 178 g/mol. The number of hydrogen-bond donors (Lipinski definition) is 1. The second kappa shape index (κ2) is 4.09. The van der Waals surface area contributed by atoms with Gasteiger partial charge < -0.3 is 9.84 Å². The molecule has 1 fully saturated rings. The molecule has 14 heavy (non-hydrogen) atoms. The van der Waals surface area contributed by atoms with Crippen LogP contribution >= 0.6 is 0 Å². The van der Waals surface area contributed by atoms with Gasteiger partial charge in [-0.15, -0.1) is 0 Å². The van der Waals surface area contributed by atoms with Crippen molar-refractivity contribution in [2.45, 2.75) is 45.7 Å². The summed E-state index contributed by atoms with van der Waals surface area (Å²) in [6.45, 7) is 5.03. The Morgan fingerprint density at radius 3 is 2.93 bits per heavy atom. The summed E-state index contributed by atoms with van der Waals surface area (Å²) >= 11 is 0. The molecule has 0 aromatic carbocycles. The van der Waals surface area contributed by atoms with Crippen molar-refractivity contribution < 1.29 is 4.52 Å². The molecule has 0 radical (unpaired) electrons. The number of hydrogen-bond acceptors (Lipinski definition) is 4. The molecule has 0 spiro atoms. The molecule has 1 saturated carbocycles. The van der Waals surface area contributed by atoms with E-state index in [0.29, 0.717) is 12.0 Å². The van der Waals surface area contributed by atoms with Crippen LogP contribution in [0.2, 0.25) is 0 Å². The summed E-state index contributed by atoms with van der Waals surface area (Å²) in [7, 11) is 0. The van der Waals surface area contributed by atoms with Crippen molar-refractivity contribution in [2.24, 2.45) is 5.92 Å². The third-order valence-electron chi connectivity index (χ3n) is 2.22. The Morgan fingerprint density at radius 1 is 1.50 bits per heavy atom. The van der Waals surface area contributed by atoms with E-state index in [1.807, 2.05) is 0 Å². The van der Waals surface area contributed by atoms with Crippen molar-refractivity contribution in [2.75, 3.05) is 0 Å². The van der Waals surface area contributed by atoms with Crippen LogP contribution in [0.25, 0.3) is 0 Å². The summed E-state index contributed by atoms with van der Waals surface area (Å²) in [5, 5.41) is 7.27. The second-order valence-electron chi connectivity index (χ2n) is 4.36. The normalized spacial score (nSPS) is 16.5. The molecule has 78 valence electrons. The van der Waals surface area contributed by atoms with Crippen molar-refractivity contribution in [3.63, 3.8) is 0 Å². The molecule has 0 unspecified atom stereocenters. The first kappa shape index (κ1) is 9.65. The molecule has 0 amide bonds. The topological polar surface area (TPSA) is 51.0 Å². The Kier molecular flexibility index (Phi) is 2.82. The number of nitrogens with zero attached hydrogens (tertiary/aromatic N) is 2. The zero-order valence-corrected chi connectivity index (χ0v) is 8.79. The maximum Gasteiger partial charge on any atom is 0.226 e. The molecular formula is C10H17N3O. The monoisotopic (exact) mass is 195 g/mol. The fourth-order valence-electron chi connectivity index (χ4n) is 1.32. The molecule has 1 heterocycles. The molecule has 0 aliphatic heterocycles. The van der Waals surface area contributed by atoms with Gasteiger partial charge in [0.2, 0.25) is 5.89 Å². The highest BCUT2D eigenvalue weighted by atomic mass is 16.5. The molecule has 0 saturated heterocycles. The SMILES string of the molecule is CC(C)Cc1nc(CNC2CC2)no1. The van der Waals surface area contributed by atoms with Gasteiger partial charge in [0.15, 0.2) is 5.82 Å². The summed E-state index contributed by atoms with van der Waals surface area (Å²) in [6, 6.07) is 0.696. The number of aromatic nitrogens is 2. The molecule has 0 bridgehead atoms. The Hall–Kier alpha value is -0.900. The van der Waals surface area contributed by atoms with Crippen LogP contribution in [0.3, 0.4) is 0 Å². The highest BCUT2D eigenvalue weighted by Crippen LogP contribution is 2.18. The summed E-state index contributed by atoms with van der Waals surface area (Å²) < 4.78 is 5.13. The van der Waals surface area contributed by atoms with Gasteiger partial charge in [0.05, 0.1) is 6.54 Å². The van der Waals surface area contributed by atoms with Crippen LogP contribution in [-0.4, -0.2) is 16.2 Å². The van der Waals surface area contributed by atoms with E-state index in [1.165, 1.54) is 12.8 Å². The maximum atomic E-state index is 5.13. The molecule has 1 aromatic rings. The largest absolute Gasteiger partial charge is 0.339 e. The molecule has 1 aliphatic rings. The van der Waals surface area contributed by atoms with Gasteiger partial charge in [-0.05, 0) is 18.8 Å². The van der Waals surface area contributed by atoms with Crippen LogP contribution in [0, 0.1) is 5.92 Å². The average molecular weight is 195 g/mol. The Labute approximate surface area is 84.1 Å². The third kappa shape index (κ3) is 2.80. The lowest BCUT2D eigenvalue weighted by Gasteiger charge is -1.96. The second-order valence-corrected chi connectivity index (χ2v) is 4.36. The zero-order valence-electron chi connectivity index (χ0n) is 8.79. The first-order chi connectivity index (χ1) is 6.74. The van der Waals surface area contributed by atoms with Gasteiger partial charge >= 0.3 is 0 Å². The van der Waals surface area contributed by atoms with E-state index in [-0.39, 0.29) is 0 Å². The smallest absolute Gasteiger partial charge is 0.226 e. The molecule has 4 nitrogen and oxygen atoms in total. The molecule has 2 rings (SSSR count). The van der Waals surface area contributed by atoms with Crippen molar-refractivity contribution in [3.8, 4) is 0 Å². The van der Waals surface area contributed by atoms with Gasteiger partial charge in [0.25, 0.3) is 0 Å². The lowest BCUT2D eigenvalue weighted by molar-refractivity contribution is 0.357. The summed E-state index contributed by atoms with van der Waals surface area (Å²) in [6.07, 6.45) is 3.45. The molecule has 1 aromatic heterocycles. The van der Waals surface area contributed by atoms with Crippen LogP contribution in [0.15, 0.2) is 4.52 Å². The Balaban J connectivity index is 1.81. The van der Waals surface area contributed by atoms with E-state index in [4.69, 9.17) is 4.52 Å². The van der Waals surface area contributed by atoms with Crippen molar-refractivity contribution >= 4 is 0 Å². The lowest BCUT2D eigenvalue weighted by Crippen LogP contribution is -2.16. The maximum absolute atomic E-state index is 5.13.